The second kappa shape index (κ2) is 6.23. The molecule has 0 atom stereocenters. The van der Waals surface area contributed by atoms with Crippen LogP contribution in [0.2, 0.25) is 5.02 Å². The van der Waals surface area contributed by atoms with Crippen molar-refractivity contribution in [1.29, 1.82) is 0 Å². The molecule has 0 bridgehead atoms. The van der Waals surface area contributed by atoms with E-state index < -0.39 is 5.82 Å². The zero-order chi connectivity index (χ0) is 14.0. The molecule has 0 heterocycles. The minimum absolute atomic E-state index is 0.0203. The molecule has 1 aliphatic carbocycles. The first kappa shape index (κ1) is 14.8. The van der Waals surface area contributed by atoms with Crippen molar-refractivity contribution in [3.63, 3.8) is 0 Å². The Labute approximate surface area is 126 Å². The van der Waals surface area contributed by atoms with E-state index in [1.54, 1.807) is 24.1 Å². The molecule has 5 heteroatoms. The fourth-order valence-electron chi connectivity index (χ4n) is 2.28. The maximum Gasteiger partial charge on any atom is 0.226 e. The Hall–Kier alpha value is -0.610. The average Bonchev–Trinajstić information content (AvgIpc) is 2.31. The Bertz CT molecular complexity index is 456. The molecule has 2 nitrogen and oxygen atoms in total. The van der Waals surface area contributed by atoms with Crippen LogP contribution in [0.15, 0.2) is 18.2 Å². The highest BCUT2D eigenvalue weighted by Gasteiger charge is 2.28. The van der Waals surface area contributed by atoms with Gasteiger partial charge in [-0.05, 0) is 30.9 Å². The molecule has 0 unspecified atom stereocenters. The third-order valence-electron chi connectivity index (χ3n) is 3.53. The van der Waals surface area contributed by atoms with Crippen molar-refractivity contribution in [3.8, 4) is 0 Å². The Morgan fingerprint density at radius 1 is 1.53 bits per heavy atom. The lowest BCUT2D eigenvalue weighted by molar-refractivity contribution is -0.130. The highest BCUT2D eigenvalue weighted by molar-refractivity contribution is 9.09. The smallest absolute Gasteiger partial charge is 0.226 e. The molecule has 1 fully saturated rings. The summed E-state index contributed by atoms with van der Waals surface area (Å²) in [5, 5.41) is 0.311. The van der Waals surface area contributed by atoms with E-state index in [9.17, 15) is 9.18 Å². The van der Waals surface area contributed by atoms with Crippen LogP contribution in [0.5, 0.6) is 0 Å². The normalized spacial score (nSPS) is 21.9. The molecule has 19 heavy (non-hydrogen) atoms. The lowest BCUT2D eigenvalue weighted by atomic mass is 9.85. The fraction of sp³-hybridized carbons (Fsp3) is 0.500. The number of halogens is 3. The maximum absolute atomic E-state index is 13.6. The van der Waals surface area contributed by atoms with Gasteiger partial charge in [0.15, 0.2) is 0 Å². The summed E-state index contributed by atoms with van der Waals surface area (Å²) in [4.78, 5) is 14.3. The van der Waals surface area contributed by atoms with Gasteiger partial charge in [-0.1, -0.05) is 33.6 Å². The molecular formula is C14H16BrClFNO. The van der Waals surface area contributed by atoms with Gasteiger partial charge in [-0.2, -0.15) is 0 Å². The Morgan fingerprint density at radius 3 is 2.79 bits per heavy atom. The monoisotopic (exact) mass is 347 g/mol. The molecule has 1 saturated carbocycles. The number of carbonyl (C=O) groups is 1. The first-order chi connectivity index (χ1) is 8.97. The zero-order valence-corrected chi connectivity index (χ0v) is 13.0. The van der Waals surface area contributed by atoms with Gasteiger partial charge in [0.05, 0.1) is 6.42 Å². The van der Waals surface area contributed by atoms with E-state index in [1.165, 1.54) is 6.07 Å². The number of rotatable bonds is 4. The van der Waals surface area contributed by atoms with Gasteiger partial charge < -0.3 is 4.90 Å². The largest absolute Gasteiger partial charge is 0.345 e. The predicted molar refractivity (Wildman–Crippen MR) is 78.2 cm³/mol. The number of likely N-dealkylation sites (N-methyl/N-ethyl adjacent to an activating group) is 1. The van der Waals surface area contributed by atoms with Gasteiger partial charge in [-0.15, -0.1) is 0 Å². The SMILES string of the molecule is CN(CC1CC(Br)C1)C(=O)Cc1c(F)cccc1Cl. The van der Waals surface area contributed by atoms with Crippen LogP contribution in [0.25, 0.3) is 0 Å². The van der Waals surface area contributed by atoms with Crippen molar-refractivity contribution >= 4 is 33.4 Å². The summed E-state index contributed by atoms with van der Waals surface area (Å²) in [5.41, 5.74) is 0.285. The van der Waals surface area contributed by atoms with Crippen molar-refractivity contribution in [2.24, 2.45) is 5.92 Å². The molecular weight excluding hydrogens is 333 g/mol. The minimum atomic E-state index is -0.418. The van der Waals surface area contributed by atoms with E-state index in [4.69, 9.17) is 11.6 Å². The quantitative estimate of drug-likeness (QED) is 0.761. The molecule has 1 aliphatic rings. The molecule has 0 radical (unpaired) electrons. The van der Waals surface area contributed by atoms with E-state index in [0.717, 1.165) is 19.4 Å². The number of amides is 1. The van der Waals surface area contributed by atoms with E-state index in [2.05, 4.69) is 15.9 Å². The van der Waals surface area contributed by atoms with Gasteiger partial charge >= 0.3 is 0 Å². The number of hydrogen-bond acceptors (Lipinski definition) is 1. The molecule has 0 saturated heterocycles. The van der Waals surface area contributed by atoms with Gasteiger partial charge in [0, 0.05) is 29.0 Å². The summed E-state index contributed by atoms with van der Waals surface area (Å²) < 4.78 is 13.6. The summed E-state index contributed by atoms with van der Waals surface area (Å²) in [5.74, 6) is 0.0397. The summed E-state index contributed by atoms with van der Waals surface area (Å²) in [6.07, 6.45) is 2.21. The van der Waals surface area contributed by atoms with Gasteiger partial charge in [0.2, 0.25) is 5.91 Å². The molecule has 2 rings (SSSR count). The van der Waals surface area contributed by atoms with Gasteiger partial charge in [0.25, 0.3) is 0 Å². The topological polar surface area (TPSA) is 20.3 Å². The van der Waals surface area contributed by atoms with Crippen molar-refractivity contribution < 1.29 is 9.18 Å². The first-order valence-corrected chi connectivity index (χ1v) is 7.57. The summed E-state index contributed by atoms with van der Waals surface area (Å²) >= 11 is 9.45. The molecule has 104 valence electrons. The summed E-state index contributed by atoms with van der Waals surface area (Å²) in [7, 11) is 1.76. The first-order valence-electron chi connectivity index (χ1n) is 6.28. The highest BCUT2D eigenvalue weighted by Crippen LogP contribution is 2.33. The molecule has 1 aromatic rings. The number of alkyl halides is 1. The number of carbonyl (C=O) groups excluding carboxylic acids is 1. The highest BCUT2D eigenvalue weighted by atomic mass is 79.9. The van der Waals surface area contributed by atoms with E-state index in [-0.39, 0.29) is 17.9 Å². The van der Waals surface area contributed by atoms with Crippen molar-refractivity contribution in [2.45, 2.75) is 24.1 Å². The molecule has 0 spiro atoms. The summed E-state index contributed by atoms with van der Waals surface area (Å²) in [6, 6.07) is 4.48. The number of nitrogens with zero attached hydrogens (tertiary/aromatic N) is 1. The molecule has 1 amide bonds. The van der Waals surface area contributed by atoms with Crippen molar-refractivity contribution in [3.05, 3.63) is 34.6 Å². The third-order valence-corrected chi connectivity index (χ3v) is 4.63. The lowest BCUT2D eigenvalue weighted by Crippen LogP contribution is -2.38. The molecule has 1 aromatic carbocycles. The molecule has 0 aliphatic heterocycles. The van der Waals surface area contributed by atoms with Crippen LogP contribution >= 0.6 is 27.5 Å². The van der Waals surface area contributed by atoms with E-state index >= 15 is 0 Å². The van der Waals surface area contributed by atoms with E-state index in [0.29, 0.717) is 15.8 Å². The van der Waals surface area contributed by atoms with Gasteiger partial charge in [0.1, 0.15) is 5.82 Å². The number of benzene rings is 1. The lowest BCUT2D eigenvalue weighted by Gasteiger charge is -2.34. The standard InChI is InChI=1S/C14H16BrClFNO/c1-18(8-9-5-10(15)6-9)14(19)7-11-12(16)3-2-4-13(11)17/h2-4,9-10H,5-8H2,1H3. The van der Waals surface area contributed by atoms with Crippen LogP contribution < -0.4 is 0 Å². The van der Waals surface area contributed by atoms with Gasteiger partial charge in [-0.25, -0.2) is 4.39 Å². The number of hydrogen-bond donors (Lipinski definition) is 0. The second-order valence-electron chi connectivity index (χ2n) is 5.09. The predicted octanol–water partition coefficient (Wildman–Crippen LogP) is 3.65. The van der Waals surface area contributed by atoms with E-state index in [1.807, 2.05) is 0 Å². The van der Waals surface area contributed by atoms with Crippen LogP contribution in [-0.4, -0.2) is 29.2 Å². The van der Waals surface area contributed by atoms with Crippen LogP contribution in [0.1, 0.15) is 18.4 Å². The van der Waals surface area contributed by atoms with Crippen LogP contribution in [-0.2, 0) is 11.2 Å². The third kappa shape index (κ3) is 3.69. The van der Waals surface area contributed by atoms with Crippen molar-refractivity contribution in [2.75, 3.05) is 13.6 Å². The molecule has 0 N–H and O–H groups in total. The Balaban J connectivity index is 1.93. The van der Waals surface area contributed by atoms with Crippen LogP contribution in [0.3, 0.4) is 0 Å². The second-order valence-corrected chi connectivity index (χ2v) is 6.79. The Morgan fingerprint density at radius 2 is 2.21 bits per heavy atom. The fourth-order valence-corrected chi connectivity index (χ4v) is 3.57. The minimum Gasteiger partial charge on any atom is -0.345 e. The van der Waals surface area contributed by atoms with Crippen LogP contribution in [0, 0.1) is 11.7 Å². The van der Waals surface area contributed by atoms with Gasteiger partial charge in [-0.3, -0.25) is 4.79 Å². The zero-order valence-electron chi connectivity index (χ0n) is 10.7. The molecule has 0 aromatic heterocycles. The maximum atomic E-state index is 13.6. The average molecular weight is 349 g/mol. The van der Waals surface area contributed by atoms with Crippen molar-refractivity contribution in [1.82, 2.24) is 4.90 Å². The Kier molecular flexibility index (Phi) is 4.85. The summed E-state index contributed by atoms with van der Waals surface area (Å²) in [6.45, 7) is 0.729. The van der Waals surface area contributed by atoms with Crippen LogP contribution in [0.4, 0.5) is 4.39 Å².